The summed E-state index contributed by atoms with van der Waals surface area (Å²) in [5, 5.41) is 8.69. The SMILES string of the molecule is CC(C)(C)OC(=O)N1CCC(Oc2ccc(C#N)nc2)C1. The van der Waals surface area contributed by atoms with E-state index in [2.05, 4.69) is 4.98 Å². The summed E-state index contributed by atoms with van der Waals surface area (Å²) in [6.45, 7) is 6.64. The molecule has 1 aliphatic rings. The van der Waals surface area contributed by atoms with Gasteiger partial charge >= 0.3 is 6.09 Å². The van der Waals surface area contributed by atoms with Crippen LogP contribution in [-0.2, 0) is 4.74 Å². The largest absolute Gasteiger partial charge is 0.487 e. The number of pyridine rings is 1. The first-order chi connectivity index (χ1) is 9.87. The van der Waals surface area contributed by atoms with Crippen molar-refractivity contribution in [1.29, 1.82) is 5.26 Å². The van der Waals surface area contributed by atoms with E-state index in [1.807, 2.05) is 26.8 Å². The molecule has 1 amide bonds. The molecule has 1 aromatic heterocycles. The molecule has 1 aromatic rings. The standard InChI is InChI=1S/C15H19N3O3/c1-15(2,3)21-14(19)18-7-6-13(10-18)20-12-5-4-11(8-16)17-9-12/h4-5,9,13H,6-7,10H2,1-3H3. The second kappa shape index (κ2) is 6.00. The van der Waals surface area contributed by atoms with E-state index >= 15 is 0 Å². The van der Waals surface area contributed by atoms with Crippen LogP contribution in [0.15, 0.2) is 18.3 Å². The first kappa shape index (κ1) is 15.1. The lowest BCUT2D eigenvalue weighted by atomic mass is 10.2. The predicted octanol–water partition coefficient (Wildman–Crippen LogP) is 2.34. The molecule has 6 nitrogen and oxygen atoms in total. The number of rotatable bonds is 2. The quantitative estimate of drug-likeness (QED) is 0.835. The Labute approximate surface area is 124 Å². The maximum absolute atomic E-state index is 11.9. The third-order valence-electron chi connectivity index (χ3n) is 2.95. The zero-order valence-electron chi connectivity index (χ0n) is 12.5. The molecule has 6 heteroatoms. The Kier molecular flexibility index (Phi) is 4.32. The van der Waals surface area contributed by atoms with Crippen molar-refractivity contribution in [2.75, 3.05) is 13.1 Å². The number of likely N-dealkylation sites (tertiary alicyclic amines) is 1. The van der Waals surface area contributed by atoms with Gasteiger partial charge in [-0.1, -0.05) is 0 Å². The van der Waals surface area contributed by atoms with Gasteiger partial charge in [-0.15, -0.1) is 0 Å². The van der Waals surface area contributed by atoms with Crippen molar-refractivity contribution in [2.24, 2.45) is 0 Å². The van der Waals surface area contributed by atoms with E-state index in [9.17, 15) is 4.79 Å². The highest BCUT2D eigenvalue weighted by Crippen LogP contribution is 2.20. The van der Waals surface area contributed by atoms with Gasteiger partial charge in [0.2, 0.25) is 0 Å². The minimum absolute atomic E-state index is 0.0766. The fourth-order valence-electron chi connectivity index (χ4n) is 2.03. The van der Waals surface area contributed by atoms with Gasteiger partial charge in [-0.3, -0.25) is 0 Å². The second-order valence-corrected chi connectivity index (χ2v) is 5.95. The number of hydrogen-bond donors (Lipinski definition) is 0. The highest BCUT2D eigenvalue weighted by molar-refractivity contribution is 5.68. The summed E-state index contributed by atoms with van der Waals surface area (Å²) < 4.78 is 11.1. The Morgan fingerprint density at radius 1 is 1.48 bits per heavy atom. The highest BCUT2D eigenvalue weighted by atomic mass is 16.6. The first-order valence-electron chi connectivity index (χ1n) is 6.88. The van der Waals surface area contributed by atoms with Crippen LogP contribution in [0.3, 0.4) is 0 Å². The second-order valence-electron chi connectivity index (χ2n) is 5.95. The number of ether oxygens (including phenoxy) is 2. The average Bonchev–Trinajstić information content (AvgIpc) is 2.86. The van der Waals surface area contributed by atoms with Crippen molar-refractivity contribution in [3.8, 4) is 11.8 Å². The molecule has 0 N–H and O–H groups in total. The molecule has 1 atom stereocenters. The van der Waals surface area contributed by atoms with E-state index in [1.165, 1.54) is 6.20 Å². The molecule has 1 saturated heterocycles. The molecule has 21 heavy (non-hydrogen) atoms. The van der Waals surface area contributed by atoms with E-state index in [4.69, 9.17) is 14.7 Å². The van der Waals surface area contributed by atoms with Gasteiger partial charge in [-0.25, -0.2) is 9.78 Å². The molecule has 1 aliphatic heterocycles. The van der Waals surface area contributed by atoms with Crippen molar-refractivity contribution >= 4 is 6.09 Å². The summed E-state index contributed by atoms with van der Waals surface area (Å²) in [7, 11) is 0. The maximum Gasteiger partial charge on any atom is 0.410 e. The maximum atomic E-state index is 11.9. The van der Waals surface area contributed by atoms with Gasteiger partial charge in [-0.05, 0) is 32.9 Å². The van der Waals surface area contributed by atoms with Crippen LogP contribution in [0.5, 0.6) is 5.75 Å². The molecule has 112 valence electrons. The molecule has 0 aromatic carbocycles. The summed E-state index contributed by atoms with van der Waals surface area (Å²) in [5.41, 5.74) is -0.142. The van der Waals surface area contributed by atoms with E-state index in [0.29, 0.717) is 24.5 Å². The monoisotopic (exact) mass is 289 g/mol. The molecule has 0 spiro atoms. The van der Waals surface area contributed by atoms with Crippen molar-refractivity contribution < 1.29 is 14.3 Å². The van der Waals surface area contributed by atoms with E-state index in [0.717, 1.165) is 6.42 Å². The molecule has 0 bridgehead atoms. The van der Waals surface area contributed by atoms with E-state index < -0.39 is 5.60 Å². The van der Waals surface area contributed by atoms with Crippen LogP contribution in [0, 0.1) is 11.3 Å². The zero-order valence-corrected chi connectivity index (χ0v) is 12.5. The van der Waals surface area contributed by atoms with Crippen LogP contribution in [-0.4, -0.2) is 40.8 Å². The Balaban J connectivity index is 1.87. The van der Waals surface area contributed by atoms with Crippen LogP contribution < -0.4 is 4.74 Å². The normalized spacial score (nSPS) is 18.2. The first-order valence-corrected chi connectivity index (χ1v) is 6.88. The Bertz CT molecular complexity index is 543. The lowest BCUT2D eigenvalue weighted by Gasteiger charge is -2.24. The molecule has 0 aliphatic carbocycles. The summed E-state index contributed by atoms with van der Waals surface area (Å²) >= 11 is 0. The summed E-state index contributed by atoms with van der Waals surface area (Å²) in [4.78, 5) is 17.5. The molecular formula is C15H19N3O3. The van der Waals surface area contributed by atoms with E-state index in [1.54, 1.807) is 17.0 Å². The van der Waals surface area contributed by atoms with Gasteiger partial charge in [0.05, 0.1) is 12.7 Å². The van der Waals surface area contributed by atoms with Gasteiger partial charge in [0.25, 0.3) is 0 Å². The fourth-order valence-corrected chi connectivity index (χ4v) is 2.03. The number of amides is 1. The predicted molar refractivity (Wildman–Crippen MR) is 75.8 cm³/mol. The minimum Gasteiger partial charge on any atom is -0.487 e. The molecule has 2 rings (SSSR count). The smallest absolute Gasteiger partial charge is 0.410 e. The van der Waals surface area contributed by atoms with Crippen LogP contribution >= 0.6 is 0 Å². The molecule has 0 radical (unpaired) electrons. The van der Waals surface area contributed by atoms with Crippen LogP contribution in [0.1, 0.15) is 32.9 Å². The van der Waals surface area contributed by atoms with Crippen LogP contribution in [0.25, 0.3) is 0 Å². The number of carbonyl (C=O) groups is 1. The molecule has 1 fully saturated rings. The Morgan fingerprint density at radius 3 is 2.81 bits per heavy atom. The Morgan fingerprint density at radius 2 is 2.24 bits per heavy atom. The van der Waals surface area contributed by atoms with Crippen molar-refractivity contribution in [3.63, 3.8) is 0 Å². The van der Waals surface area contributed by atoms with Gasteiger partial charge in [0.15, 0.2) is 0 Å². The van der Waals surface area contributed by atoms with Crippen LogP contribution in [0.4, 0.5) is 4.79 Å². The van der Waals surface area contributed by atoms with Gasteiger partial charge < -0.3 is 14.4 Å². The lowest BCUT2D eigenvalue weighted by molar-refractivity contribution is 0.0275. The zero-order chi connectivity index (χ0) is 15.5. The number of aromatic nitrogens is 1. The molecule has 0 saturated carbocycles. The van der Waals surface area contributed by atoms with Crippen molar-refractivity contribution in [2.45, 2.75) is 38.9 Å². The van der Waals surface area contributed by atoms with Gasteiger partial charge in [-0.2, -0.15) is 5.26 Å². The van der Waals surface area contributed by atoms with Crippen molar-refractivity contribution in [1.82, 2.24) is 9.88 Å². The number of nitriles is 1. The topological polar surface area (TPSA) is 75.4 Å². The fraction of sp³-hybridized carbons (Fsp3) is 0.533. The average molecular weight is 289 g/mol. The summed E-state index contributed by atoms with van der Waals surface area (Å²) in [5.74, 6) is 0.602. The molecule has 1 unspecified atom stereocenters. The number of nitrogens with zero attached hydrogens (tertiary/aromatic N) is 3. The number of hydrogen-bond acceptors (Lipinski definition) is 5. The van der Waals surface area contributed by atoms with Gasteiger partial charge in [0, 0.05) is 13.0 Å². The van der Waals surface area contributed by atoms with Crippen LogP contribution in [0.2, 0.25) is 0 Å². The number of carbonyl (C=O) groups excluding carboxylic acids is 1. The van der Waals surface area contributed by atoms with E-state index in [-0.39, 0.29) is 12.2 Å². The lowest BCUT2D eigenvalue weighted by Crippen LogP contribution is -2.36. The van der Waals surface area contributed by atoms with Crippen molar-refractivity contribution in [3.05, 3.63) is 24.0 Å². The van der Waals surface area contributed by atoms with Gasteiger partial charge in [0.1, 0.15) is 29.2 Å². The highest BCUT2D eigenvalue weighted by Gasteiger charge is 2.30. The summed E-state index contributed by atoms with van der Waals surface area (Å²) in [6.07, 6.45) is 1.88. The third kappa shape index (κ3) is 4.35. The Hall–Kier alpha value is -2.29. The minimum atomic E-state index is -0.493. The molecule has 2 heterocycles. The third-order valence-corrected chi connectivity index (χ3v) is 2.95. The molecular weight excluding hydrogens is 270 g/mol. The summed E-state index contributed by atoms with van der Waals surface area (Å²) in [6, 6.07) is 5.27.